The minimum atomic E-state index is 0.405. The van der Waals surface area contributed by atoms with Gasteiger partial charge < -0.3 is 0 Å². The summed E-state index contributed by atoms with van der Waals surface area (Å²) in [5, 5.41) is 25.7. The lowest BCUT2D eigenvalue weighted by atomic mass is 10.4. The summed E-state index contributed by atoms with van der Waals surface area (Å²) in [6, 6.07) is 2.05. The van der Waals surface area contributed by atoms with Crippen molar-refractivity contribution in [3.8, 4) is 6.07 Å². The van der Waals surface area contributed by atoms with Crippen molar-refractivity contribution in [2.45, 2.75) is 11.9 Å². The average molecular weight is 224 g/mol. The van der Waals surface area contributed by atoms with Crippen LogP contribution in [0, 0.1) is 11.3 Å². The van der Waals surface area contributed by atoms with Crippen LogP contribution < -0.4 is 0 Å². The largest absolute Gasteiger partial charge is 0.282 e. The van der Waals surface area contributed by atoms with Crippen molar-refractivity contribution >= 4 is 17.6 Å². The van der Waals surface area contributed by atoms with Crippen LogP contribution in [0.3, 0.4) is 0 Å². The summed E-state index contributed by atoms with van der Waals surface area (Å²) in [6.45, 7) is 2.72. The van der Waals surface area contributed by atoms with Crippen LogP contribution in [0.5, 0.6) is 0 Å². The maximum Gasteiger partial charge on any atom is 0.191 e. The van der Waals surface area contributed by atoms with Gasteiger partial charge >= 0.3 is 0 Å². The van der Waals surface area contributed by atoms with Crippen molar-refractivity contribution in [2.75, 3.05) is 19.8 Å². The molecule has 0 unspecified atom stereocenters. The van der Waals surface area contributed by atoms with Crippen LogP contribution in [0.1, 0.15) is 12.5 Å². The van der Waals surface area contributed by atoms with E-state index in [9.17, 15) is 0 Å². The fraction of sp³-hybridized carbons (Fsp3) is 0.500. The third-order valence-electron chi connectivity index (χ3n) is 1.77. The van der Waals surface area contributed by atoms with Gasteiger partial charge in [-0.2, -0.15) is 10.4 Å². The van der Waals surface area contributed by atoms with E-state index in [1.54, 1.807) is 12.1 Å². The van der Waals surface area contributed by atoms with E-state index in [0.29, 0.717) is 16.4 Å². The highest BCUT2D eigenvalue weighted by Crippen LogP contribution is 2.25. The second kappa shape index (κ2) is 5.36. The first-order chi connectivity index (χ1) is 7.22. The van der Waals surface area contributed by atoms with E-state index in [1.807, 2.05) is 19.2 Å². The smallest absolute Gasteiger partial charge is 0.191 e. The third-order valence-corrected chi connectivity index (χ3v) is 2.46. The van der Waals surface area contributed by atoms with Crippen molar-refractivity contribution in [1.82, 2.24) is 15.2 Å². The molecular weight excluding hydrogens is 212 g/mol. The molecule has 1 rings (SSSR count). The molecular formula is C8H12N6S. The first-order valence-corrected chi connectivity index (χ1v) is 5.60. The van der Waals surface area contributed by atoms with Crippen LogP contribution in [0.15, 0.2) is 15.4 Å². The van der Waals surface area contributed by atoms with Gasteiger partial charge in [-0.15, -0.1) is 16.9 Å². The number of H-pyrrole nitrogens is 1. The molecule has 0 saturated carbocycles. The van der Waals surface area contributed by atoms with Gasteiger partial charge in [-0.25, -0.2) is 0 Å². The molecule has 0 aliphatic heterocycles. The van der Waals surface area contributed by atoms with Crippen LogP contribution in [0.25, 0.3) is 0 Å². The van der Waals surface area contributed by atoms with Crippen LogP contribution in [0.4, 0.5) is 5.82 Å². The Kier molecular flexibility index (Phi) is 4.12. The number of aromatic nitrogens is 2. The summed E-state index contributed by atoms with van der Waals surface area (Å²) in [7, 11) is 1.81. The fourth-order valence-corrected chi connectivity index (χ4v) is 1.31. The minimum absolute atomic E-state index is 0.405. The Morgan fingerprint density at radius 3 is 2.93 bits per heavy atom. The normalized spacial score (nSPS) is 10.5. The number of aromatic amines is 1. The van der Waals surface area contributed by atoms with Crippen molar-refractivity contribution in [1.29, 1.82) is 5.26 Å². The fourth-order valence-electron chi connectivity index (χ4n) is 0.822. The Balaban J connectivity index is 2.91. The zero-order chi connectivity index (χ0) is 11.3. The maximum absolute atomic E-state index is 8.90. The van der Waals surface area contributed by atoms with Crippen LogP contribution >= 0.6 is 11.8 Å². The van der Waals surface area contributed by atoms with Gasteiger partial charge in [-0.3, -0.25) is 10.1 Å². The van der Waals surface area contributed by atoms with Crippen molar-refractivity contribution in [3.05, 3.63) is 5.56 Å². The summed E-state index contributed by atoms with van der Waals surface area (Å²) >= 11 is 1.40. The van der Waals surface area contributed by atoms with E-state index in [1.165, 1.54) is 11.8 Å². The molecule has 1 N–H and O–H groups in total. The molecule has 7 heteroatoms. The molecule has 0 saturated heterocycles. The maximum atomic E-state index is 8.90. The Labute approximate surface area is 92.3 Å². The summed E-state index contributed by atoms with van der Waals surface area (Å²) in [5.41, 5.74) is 0.441. The van der Waals surface area contributed by atoms with Crippen LogP contribution in [-0.4, -0.2) is 35.1 Å². The zero-order valence-corrected chi connectivity index (χ0v) is 9.67. The van der Waals surface area contributed by atoms with Crippen LogP contribution in [-0.2, 0) is 0 Å². The molecule has 0 amide bonds. The van der Waals surface area contributed by atoms with Gasteiger partial charge in [-0.1, -0.05) is 5.22 Å². The summed E-state index contributed by atoms with van der Waals surface area (Å²) < 4.78 is 0. The molecule has 0 aliphatic carbocycles. The quantitative estimate of drug-likeness (QED) is 0.481. The Hall–Kier alpha value is -1.55. The number of nitrogens with zero attached hydrogens (tertiary/aromatic N) is 5. The van der Waals surface area contributed by atoms with E-state index < -0.39 is 0 Å². The Bertz CT molecular complexity index is 390. The Morgan fingerprint density at radius 2 is 2.40 bits per heavy atom. The van der Waals surface area contributed by atoms with E-state index in [2.05, 4.69) is 20.5 Å². The molecule has 1 heterocycles. The topological polar surface area (TPSA) is 80.4 Å². The molecule has 0 aliphatic rings. The van der Waals surface area contributed by atoms with Gasteiger partial charge in [0.25, 0.3) is 0 Å². The zero-order valence-electron chi connectivity index (χ0n) is 8.85. The molecule has 0 spiro atoms. The molecule has 1 aromatic rings. The van der Waals surface area contributed by atoms with Gasteiger partial charge in [0.05, 0.1) is 0 Å². The van der Waals surface area contributed by atoms with Gasteiger partial charge in [0.1, 0.15) is 16.7 Å². The second-order valence-electron chi connectivity index (χ2n) is 2.73. The standard InChI is InChI=1S/C8H12N6S/c1-4-14(2)13-11-7-6(5-9)8(15-3)12-10-7/h4H2,1-3H3,(H,10,12)/b13-11+. The van der Waals surface area contributed by atoms with Crippen molar-refractivity contribution in [2.24, 2.45) is 10.3 Å². The van der Waals surface area contributed by atoms with E-state index in [0.717, 1.165) is 6.54 Å². The predicted octanol–water partition coefficient (Wildman–Crippen LogP) is 1.95. The van der Waals surface area contributed by atoms with Gasteiger partial charge in [0, 0.05) is 13.6 Å². The molecule has 1 aromatic heterocycles. The lowest BCUT2D eigenvalue weighted by Gasteiger charge is -2.04. The highest BCUT2D eigenvalue weighted by Gasteiger charge is 2.11. The molecule has 0 bridgehead atoms. The van der Waals surface area contributed by atoms with Crippen molar-refractivity contribution in [3.63, 3.8) is 0 Å². The monoisotopic (exact) mass is 224 g/mol. The molecule has 0 aromatic carbocycles. The molecule has 15 heavy (non-hydrogen) atoms. The number of hydrogen-bond donors (Lipinski definition) is 1. The number of thioether (sulfide) groups is 1. The van der Waals surface area contributed by atoms with E-state index in [4.69, 9.17) is 5.26 Å². The lowest BCUT2D eigenvalue weighted by Crippen LogP contribution is -2.07. The highest BCUT2D eigenvalue weighted by atomic mass is 32.2. The van der Waals surface area contributed by atoms with E-state index >= 15 is 0 Å². The summed E-state index contributed by atoms with van der Waals surface area (Å²) in [4.78, 5) is 0. The highest BCUT2D eigenvalue weighted by molar-refractivity contribution is 7.98. The number of nitriles is 1. The number of nitrogens with one attached hydrogen (secondary N) is 1. The average Bonchev–Trinajstić information content (AvgIpc) is 2.67. The van der Waals surface area contributed by atoms with Crippen LogP contribution in [0.2, 0.25) is 0 Å². The van der Waals surface area contributed by atoms with Gasteiger partial charge in [-0.05, 0) is 13.2 Å². The van der Waals surface area contributed by atoms with E-state index in [-0.39, 0.29) is 0 Å². The Morgan fingerprint density at radius 1 is 1.67 bits per heavy atom. The molecule has 0 radical (unpaired) electrons. The molecule has 0 atom stereocenters. The SMILES string of the molecule is CCN(C)/N=N/c1[nH]nc(SC)c1C#N. The molecule has 0 fully saturated rings. The molecule has 6 nitrogen and oxygen atoms in total. The first kappa shape index (κ1) is 11.5. The summed E-state index contributed by atoms with van der Waals surface area (Å²) in [5.74, 6) is 0.405. The van der Waals surface area contributed by atoms with Gasteiger partial charge in [0.15, 0.2) is 5.82 Å². The summed E-state index contributed by atoms with van der Waals surface area (Å²) in [6.07, 6.45) is 1.86. The lowest BCUT2D eigenvalue weighted by molar-refractivity contribution is 0.350. The number of rotatable bonds is 4. The molecule has 80 valence electrons. The third kappa shape index (κ3) is 2.70. The second-order valence-corrected chi connectivity index (χ2v) is 3.53. The predicted molar refractivity (Wildman–Crippen MR) is 57.9 cm³/mol. The van der Waals surface area contributed by atoms with Gasteiger partial charge in [0.2, 0.25) is 0 Å². The number of hydrogen-bond acceptors (Lipinski definition) is 5. The minimum Gasteiger partial charge on any atom is -0.282 e. The van der Waals surface area contributed by atoms with Crippen molar-refractivity contribution < 1.29 is 0 Å². The first-order valence-electron chi connectivity index (χ1n) is 4.38.